The molecular formula is C13H20FNO2S. The van der Waals surface area contributed by atoms with Crippen LogP contribution in [0.1, 0.15) is 18.6 Å². The number of halogens is 1. The van der Waals surface area contributed by atoms with E-state index in [0.29, 0.717) is 24.4 Å². The van der Waals surface area contributed by atoms with Gasteiger partial charge in [-0.25, -0.2) is 4.39 Å². The number of rotatable bonds is 7. The van der Waals surface area contributed by atoms with E-state index in [4.69, 9.17) is 0 Å². The van der Waals surface area contributed by atoms with Gasteiger partial charge in [-0.1, -0.05) is 12.1 Å². The van der Waals surface area contributed by atoms with Gasteiger partial charge < -0.3 is 15.5 Å². The topological polar surface area (TPSA) is 52.5 Å². The molecule has 0 heterocycles. The predicted molar refractivity (Wildman–Crippen MR) is 73.2 cm³/mol. The largest absolute Gasteiger partial charge is 0.388 e. The molecule has 3 N–H and O–H groups in total. The van der Waals surface area contributed by atoms with Crippen LogP contribution in [0.15, 0.2) is 24.3 Å². The molecule has 0 spiro atoms. The number of aliphatic hydroxyl groups is 2. The van der Waals surface area contributed by atoms with E-state index in [1.54, 1.807) is 30.8 Å². The monoisotopic (exact) mass is 273 g/mol. The highest BCUT2D eigenvalue weighted by molar-refractivity contribution is 7.98. The number of benzene rings is 1. The minimum atomic E-state index is -0.790. The lowest BCUT2D eigenvalue weighted by atomic mass is 10.1. The Balaban J connectivity index is 2.37. The average molecular weight is 273 g/mol. The summed E-state index contributed by atoms with van der Waals surface area (Å²) in [4.78, 5) is 0. The van der Waals surface area contributed by atoms with Gasteiger partial charge in [0, 0.05) is 18.8 Å². The average Bonchev–Trinajstić information content (AvgIpc) is 2.29. The van der Waals surface area contributed by atoms with Crippen LogP contribution in [0.5, 0.6) is 0 Å². The van der Waals surface area contributed by atoms with Crippen molar-refractivity contribution >= 4 is 11.8 Å². The third-order valence-electron chi connectivity index (χ3n) is 2.55. The van der Waals surface area contributed by atoms with Gasteiger partial charge in [0.25, 0.3) is 0 Å². The van der Waals surface area contributed by atoms with E-state index in [0.717, 1.165) is 0 Å². The van der Waals surface area contributed by atoms with Gasteiger partial charge in [-0.15, -0.1) is 0 Å². The normalized spacial score (nSPS) is 16.3. The van der Waals surface area contributed by atoms with Crippen LogP contribution < -0.4 is 5.32 Å². The van der Waals surface area contributed by atoms with E-state index < -0.39 is 11.7 Å². The van der Waals surface area contributed by atoms with Crippen molar-refractivity contribution in [2.24, 2.45) is 0 Å². The zero-order valence-corrected chi connectivity index (χ0v) is 11.5. The molecule has 18 heavy (non-hydrogen) atoms. The van der Waals surface area contributed by atoms with Crippen LogP contribution in [0.2, 0.25) is 0 Å². The molecular weight excluding hydrogens is 253 g/mol. The standard InChI is InChI=1S/C13H20FNO2S/c1-13(17,9-18-2)8-15-7-12(16)10-3-5-11(14)6-4-10/h3-6,12,15-17H,7-9H2,1-2H3. The first-order chi connectivity index (χ1) is 8.44. The van der Waals surface area contributed by atoms with Crippen molar-refractivity contribution in [3.05, 3.63) is 35.6 Å². The molecule has 1 aromatic rings. The Labute approximate surface area is 111 Å². The van der Waals surface area contributed by atoms with Crippen molar-refractivity contribution < 1.29 is 14.6 Å². The molecule has 0 saturated heterocycles. The van der Waals surface area contributed by atoms with Crippen molar-refractivity contribution in [1.82, 2.24) is 5.32 Å². The molecule has 1 aromatic carbocycles. The van der Waals surface area contributed by atoms with E-state index in [-0.39, 0.29) is 5.82 Å². The number of thioether (sulfide) groups is 1. The molecule has 0 amide bonds. The minimum Gasteiger partial charge on any atom is -0.388 e. The zero-order chi connectivity index (χ0) is 13.6. The zero-order valence-electron chi connectivity index (χ0n) is 10.7. The van der Waals surface area contributed by atoms with Crippen molar-refractivity contribution in [3.8, 4) is 0 Å². The maximum Gasteiger partial charge on any atom is 0.123 e. The molecule has 0 saturated carbocycles. The molecule has 0 aliphatic heterocycles. The van der Waals surface area contributed by atoms with Crippen LogP contribution in [0, 0.1) is 5.82 Å². The molecule has 2 unspecified atom stereocenters. The first-order valence-electron chi connectivity index (χ1n) is 5.80. The van der Waals surface area contributed by atoms with Crippen molar-refractivity contribution in [3.63, 3.8) is 0 Å². The molecule has 0 aliphatic rings. The summed E-state index contributed by atoms with van der Waals surface area (Å²) < 4.78 is 12.7. The second-order valence-corrected chi connectivity index (χ2v) is 5.49. The molecule has 0 fully saturated rings. The van der Waals surface area contributed by atoms with E-state index >= 15 is 0 Å². The fourth-order valence-corrected chi connectivity index (χ4v) is 2.37. The summed E-state index contributed by atoms with van der Waals surface area (Å²) in [5.74, 6) is 0.314. The van der Waals surface area contributed by atoms with Gasteiger partial charge in [-0.2, -0.15) is 11.8 Å². The van der Waals surface area contributed by atoms with Crippen LogP contribution in [-0.2, 0) is 0 Å². The number of aliphatic hydroxyl groups excluding tert-OH is 1. The van der Waals surface area contributed by atoms with Crippen LogP contribution in [0.4, 0.5) is 4.39 Å². The first-order valence-corrected chi connectivity index (χ1v) is 7.19. The fraction of sp³-hybridized carbons (Fsp3) is 0.538. The van der Waals surface area contributed by atoms with Crippen LogP contribution >= 0.6 is 11.8 Å². The van der Waals surface area contributed by atoms with Gasteiger partial charge in [0.2, 0.25) is 0 Å². The van der Waals surface area contributed by atoms with Gasteiger partial charge in [0.05, 0.1) is 11.7 Å². The summed E-state index contributed by atoms with van der Waals surface area (Å²) in [6.07, 6.45) is 1.23. The molecule has 3 nitrogen and oxygen atoms in total. The molecule has 0 bridgehead atoms. The maximum absolute atomic E-state index is 12.7. The van der Waals surface area contributed by atoms with E-state index in [1.807, 2.05) is 6.26 Å². The summed E-state index contributed by atoms with van der Waals surface area (Å²) in [7, 11) is 0. The molecule has 102 valence electrons. The summed E-state index contributed by atoms with van der Waals surface area (Å²) in [6, 6.07) is 5.76. The Kier molecular flexibility index (Phi) is 6.08. The summed E-state index contributed by atoms with van der Waals surface area (Å²) in [5.41, 5.74) is -0.129. The maximum atomic E-state index is 12.7. The van der Waals surface area contributed by atoms with E-state index in [1.165, 1.54) is 12.1 Å². The minimum absolute atomic E-state index is 0.318. The SMILES string of the molecule is CSCC(C)(O)CNCC(O)c1ccc(F)cc1. The quantitative estimate of drug-likeness (QED) is 0.706. The summed E-state index contributed by atoms with van der Waals surface area (Å²) in [6.45, 7) is 2.49. The van der Waals surface area contributed by atoms with Crippen LogP contribution in [-0.4, -0.2) is 40.9 Å². The van der Waals surface area contributed by atoms with Crippen LogP contribution in [0.25, 0.3) is 0 Å². The van der Waals surface area contributed by atoms with Gasteiger partial charge in [-0.3, -0.25) is 0 Å². The third kappa shape index (κ3) is 5.35. The van der Waals surface area contributed by atoms with E-state index in [2.05, 4.69) is 5.32 Å². The molecule has 2 atom stereocenters. The smallest absolute Gasteiger partial charge is 0.123 e. The highest BCUT2D eigenvalue weighted by Gasteiger charge is 2.19. The second kappa shape index (κ2) is 7.09. The third-order valence-corrected chi connectivity index (χ3v) is 3.46. The van der Waals surface area contributed by atoms with Crippen molar-refractivity contribution in [2.45, 2.75) is 18.6 Å². The highest BCUT2D eigenvalue weighted by atomic mass is 32.2. The summed E-state index contributed by atoms with van der Waals surface area (Å²) >= 11 is 1.57. The Morgan fingerprint density at radius 3 is 2.56 bits per heavy atom. The number of hydrogen-bond donors (Lipinski definition) is 3. The molecule has 0 radical (unpaired) electrons. The van der Waals surface area contributed by atoms with Gasteiger partial charge in [-0.05, 0) is 30.9 Å². The summed E-state index contributed by atoms with van der Waals surface area (Å²) in [5, 5.41) is 22.8. The van der Waals surface area contributed by atoms with Gasteiger partial charge in [0.1, 0.15) is 5.82 Å². The van der Waals surface area contributed by atoms with Gasteiger partial charge in [0.15, 0.2) is 0 Å². The Morgan fingerprint density at radius 1 is 1.39 bits per heavy atom. The second-order valence-electron chi connectivity index (χ2n) is 4.63. The lowest BCUT2D eigenvalue weighted by Crippen LogP contribution is -2.41. The highest BCUT2D eigenvalue weighted by Crippen LogP contribution is 2.13. The van der Waals surface area contributed by atoms with Crippen LogP contribution in [0.3, 0.4) is 0 Å². The Hall–Kier alpha value is -0.620. The lowest BCUT2D eigenvalue weighted by Gasteiger charge is -2.23. The molecule has 1 rings (SSSR count). The molecule has 0 aromatic heterocycles. The number of nitrogens with one attached hydrogen (secondary N) is 1. The van der Waals surface area contributed by atoms with Crippen molar-refractivity contribution in [1.29, 1.82) is 0 Å². The first kappa shape index (κ1) is 15.4. The fourth-order valence-electron chi connectivity index (χ4n) is 1.64. The number of hydrogen-bond acceptors (Lipinski definition) is 4. The molecule has 5 heteroatoms. The Bertz CT molecular complexity index is 357. The lowest BCUT2D eigenvalue weighted by molar-refractivity contribution is 0.0786. The van der Waals surface area contributed by atoms with Crippen molar-refractivity contribution in [2.75, 3.05) is 25.1 Å². The van der Waals surface area contributed by atoms with Gasteiger partial charge >= 0.3 is 0 Å². The Morgan fingerprint density at radius 2 is 2.00 bits per heavy atom. The molecule has 0 aliphatic carbocycles. The van der Waals surface area contributed by atoms with E-state index in [9.17, 15) is 14.6 Å². The predicted octanol–water partition coefficient (Wildman–Crippen LogP) is 1.56.